The molecule has 1 amide bonds. The van der Waals surface area contributed by atoms with E-state index in [1.165, 1.54) is 58.6 Å². The van der Waals surface area contributed by atoms with Crippen LogP contribution in [-0.4, -0.2) is 62.9 Å². The second kappa shape index (κ2) is 11.7. The first-order chi connectivity index (χ1) is 20.7. The SMILES string of the molecule is COc1ccc(F)cc1[C@H](Cn1c(=O)n([C@@H]2CCN(C)C2=O)c(=O)c2c(C)c(-c3ncco3)sc21)OC1CCC(O)CC1. The van der Waals surface area contributed by atoms with Gasteiger partial charge in [-0.3, -0.25) is 14.2 Å². The molecule has 2 atom stereocenters. The van der Waals surface area contributed by atoms with E-state index in [2.05, 4.69) is 4.98 Å². The number of thiophene rings is 1. The fourth-order valence-corrected chi connectivity index (χ4v) is 7.38. The van der Waals surface area contributed by atoms with Crippen LogP contribution in [0.4, 0.5) is 4.39 Å². The van der Waals surface area contributed by atoms with Crippen molar-refractivity contribution < 1.29 is 28.2 Å². The molecule has 4 heterocycles. The van der Waals surface area contributed by atoms with Crippen LogP contribution in [-0.2, 0) is 16.1 Å². The van der Waals surface area contributed by atoms with E-state index in [-0.39, 0.29) is 23.9 Å². The van der Waals surface area contributed by atoms with Crippen LogP contribution < -0.4 is 16.0 Å². The first-order valence-electron chi connectivity index (χ1n) is 14.3. The lowest BCUT2D eigenvalue weighted by molar-refractivity contribution is -0.129. The van der Waals surface area contributed by atoms with E-state index in [0.29, 0.717) is 71.1 Å². The van der Waals surface area contributed by atoms with E-state index >= 15 is 0 Å². The molecule has 1 saturated heterocycles. The Morgan fingerprint density at radius 2 is 1.95 bits per heavy atom. The third-order valence-corrected chi connectivity index (χ3v) is 9.77. The fourth-order valence-electron chi connectivity index (χ4n) is 6.13. The number of likely N-dealkylation sites (tertiary alicyclic amines) is 1. The molecule has 3 aromatic heterocycles. The van der Waals surface area contributed by atoms with Crippen molar-refractivity contribution in [1.82, 2.24) is 19.0 Å². The van der Waals surface area contributed by atoms with E-state index in [0.717, 1.165) is 4.57 Å². The number of amides is 1. The van der Waals surface area contributed by atoms with E-state index in [1.54, 1.807) is 14.0 Å². The van der Waals surface area contributed by atoms with Gasteiger partial charge in [0.25, 0.3) is 5.56 Å². The number of fused-ring (bicyclic) bond motifs is 1. The van der Waals surface area contributed by atoms with Gasteiger partial charge in [-0.25, -0.2) is 18.7 Å². The highest BCUT2D eigenvalue weighted by Crippen LogP contribution is 2.38. The second-order valence-corrected chi connectivity index (χ2v) is 12.1. The molecule has 1 N–H and O–H groups in total. The Morgan fingerprint density at radius 1 is 1.19 bits per heavy atom. The molecule has 1 aliphatic carbocycles. The summed E-state index contributed by atoms with van der Waals surface area (Å²) in [6.45, 7) is 2.09. The van der Waals surface area contributed by atoms with Crippen molar-refractivity contribution in [2.75, 3.05) is 20.7 Å². The number of carbonyl (C=O) groups is 1. The maximum Gasteiger partial charge on any atom is 0.332 e. The van der Waals surface area contributed by atoms with Crippen molar-refractivity contribution in [1.29, 1.82) is 0 Å². The molecule has 0 unspecified atom stereocenters. The summed E-state index contributed by atoms with van der Waals surface area (Å²) in [6, 6.07) is 3.17. The molecule has 2 aliphatic rings. The Kier molecular flexibility index (Phi) is 7.96. The van der Waals surface area contributed by atoms with E-state index in [4.69, 9.17) is 13.9 Å². The van der Waals surface area contributed by atoms with Crippen LogP contribution >= 0.6 is 11.3 Å². The minimum atomic E-state index is -0.951. The highest BCUT2D eigenvalue weighted by atomic mass is 32.1. The number of methoxy groups -OCH3 is 1. The molecular formula is C30H33FN4O7S. The summed E-state index contributed by atoms with van der Waals surface area (Å²) >= 11 is 1.19. The summed E-state index contributed by atoms with van der Waals surface area (Å²) < 4.78 is 34.8. The molecule has 13 heteroatoms. The van der Waals surface area contributed by atoms with Gasteiger partial charge in [-0.05, 0) is 62.8 Å². The number of aromatic nitrogens is 3. The number of nitrogens with zero attached hydrogens (tertiary/aromatic N) is 4. The number of benzene rings is 1. The normalized spacial score (nSPS) is 21.6. The molecule has 1 saturated carbocycles. The van der Waals surface area contributed by atoms with Gasteiger partial charge in [-0.1, -0.05) is 0 Å². The van der Waals surface area contributed by atoms with Crippen molar-refractivity contribution in [3.63, 3.8) is 0 Å². The topological polar surface area (TPSA) is 129 Å². The molecule has 1 aliphatic heterocycles. The molecular weight excluding hydrogens is 579 g/mol. The van der Waals surface area contributed by atoms with Crippen LogP contribution in [0.3, 0.4) is 0 Å². The summed E-state index contributed by atoms with van der Waals surface area (Å²) in [6.07, 6.45) is 4.04. The summed E-state index contributed by atoms with van der Waals surface area (Å²) in [5, 5.41) is 10.3. The zero-order chi connectivity index (χ0) is 30.4. The predicted octanol–water partition coefficient (Wildman–Crippen LogP) is 3.80. The lowest BCUT2D eigenvalue weighted by Gasteiger charge is -2.31. The maximum atomic E-state index is 14.6. The standard InChI is InChI=1S/C30H33FN4O7S/c1-16-24-28(38)35(21-10-12-33(2)27(21)37)30(39)34(29(24)43-25(16)26-32-11-13-41-26)15-23(42-19-7-5-18(36)6-8-19)20-14-17(31)4-9-22(20)40-3/h4,9,11,13-14,18-19,21,23,36H,5-8,10,12,15H2,1-3H3/t18?,19?,21-,23+/m1/s1. The first kappa shape index (κ1) is 29.3. The van der Waals surface area contributed by atoms with Crippen LogP contribution in [0.25, 0.3) is 21.0 Å². The molecule has 2 fully saturated rings. The molecule has 6 rings (SSSR count). The smallest absolute Gasteiger partial charge is 0.332 e. The number of aryl methyl sites for hydroxylation is 1. The van der Waals surface area contributed by atoms with Gasteiger partial charge in [0.2, 0.25) is 11.8 Å². The van der Waals surface area contributed by atoms with Crippen molar-refractivity contribution >= 4 is 27.5 Å². The molecule has 43 heavy (non-hydrogen) atoms. The van der Waals surface area contributed by atoms with Gasteiger partial charge in [0.05, 0.1) is 42.3 Å². The highest BCUT2D eigenvalue weighted by molar-refractivity contribution is 7.22. The van der Waals surface area contributed by atoms with Crippen molar-refractivity contribution in [2.45, 2.75) is 69.9 Å². The number of hydrogen-bond acceptors (Lipinski definition) is 9. The van der Waals surface area contributed by atoms with Gasteiger partial charge in [-0.2, -0.15) is 0 Å². The van der Waals surface area contributed by atoms with Gasteiger partial charge < -0.3 is 23.9 Å². The van der Waals surface area contributed by atoms with Crippen molar-refractivity contribution in [3.05, 3.63) is 68.4 Å². The largest absolute Gasteiger partial charge is 0.496 e. The predicted molar refractivity (Wildman–Crippen MR) is 157 cm³/mol. The zero-order valence-corrected chi connectivity index (χ0v) is 24.9. The lowest BCUT2D eigenvalue weighted by atomic mass is 9.94. The average molecular weight is 613 g/mol. The van der Waals surface area contributed by atoms with E-state index < -0.39 is 35.3 Å². The second-order valence-electron chi connectivity index (χ2n) is 11.1. The van der Waals surface area contributed by atoms with E-state index in [9.17, 15) is 23.9 Å². The van der Waals surface area contributed by atoms with Crippen LogP contribution in [0.15, 0.2) is 44.7 Å². The van der Waals surface area contributed by atoms with E-state index in [1.807, 2.05) is 0 Å². The highest BCUT2D eigenvalue weighted by Gasteiger charge is 2.36. The third kappa shape index (κ3) is 5.30. The number of aliphatic hydroxyl groups excluding tert-OH is 1. The number of hydrogen-bond donors (Lipinski definition) is 1. The van der Waals surface area contributed by atoms with Crippen LogP contribution in [0.5, 0.6) is 5.75 Å². The molecule has 0 spiro atoms. The lowest BCUT2D eigenvalue weighted by Crippen LogP contribution is -2.45. The molecule has 0 radical (unpaired) electrons. The monoisotopic (exact) mass is 612 g/mol. The van der Waals surface area contributed by atoms with Crippen LogP contribution in [0.2, 0.25) is 0 Å². The van der Waals surface area contributed by atoms with Crippen molar-refractivity contribution in [2.24, 2.45) is 0 Å². The van der Waals surface area contributed by atoms with Crippen LogP contribution in [0.1, 0.15) is 55.4 Å². The summed E-state index contributed by atoms with van der Waals surface area (Å²) in [7, 11) is 3.12. The fraction of sp³-hybridized carbons (Fsp3) is 0.467. The quantitative estimate of drug-likeness (QED) is 0.318. The van der Waals surface area contributed by atoms with Gasteiger partial charge in [0.1, 0.15) is 34.8 Å². The number of halogens is 1. The van der Waals surface area contributed by atoms with Crippen LogP contribution in [0, 0.1) is 12.7 Å². The Hall–Kier alpha value is -3.81. The van der Waals surface area contributed by atoms with Gasteiger partial charge in [0.15, 0.2) is 0 Å². The number of ether oxygens (including phenoxy) is 2. The first-order valence-corrected chi connectivity index (χ1v) is 15.1. The molecule has 228 valence electrons. The number of rotatable bonds is 8. The summed E-state index contributed by atoms with van der Waals surface area (Å²) in [4.78, 5) is 48.1. The van der Waals surface area contributed by atoms with Gasteiger partial charge in [-0.15, -0.1) is 11.3 Å². The Balaban J connectivity index is 1.55. The Bertz CT molecular complexity index is 1770. The number of oxazole rings is 1. The number of carbonyl (C=O) groups excluding carboxylic acids is 1. The summed E-state index contributed by atoms with van der Waals surface area (Å²) in [5.74, 6) is -0.120. The Labute approximate surface area is 250 Å². The zero-order valence-electron chi connectivity index (χ0n) is 24.1. The van der Waals surface area contributed by atoms with Crippen molar-refractivity contribution in [3.8, 4) is 16.5 Å². The molecule has 1 aromatic carbocycles. The minimum Gasteiger partial charge on any atom is -0.496 e. The molecule has 0 bridgehead atoms. The average Bonchev–Trinajstić information content (AvgIpc) is 3.72. The number of likely N-dealkylation sites (N-methyl/N-ethyl adjacent to an activating group) is 1. The summed E-state index contributed by atoms with van der Waals surface area (Å²) in [5.41, 5.74) is -0.229. The minimum absolute atomic E-state index is 0.0871. The number of aliphatic hydroxyl groups is 1. The van der Waals surface area contributed by atoms with Gasteiger partial charge in [0, 0.05) is 19.2 Å². The Morgan fingerprint density at radius 3 is 2.60 bits per heavy atom. The molecule has 4 aromatic rings. The third-order valence-electron chi connectivity index (χ3n) is 8.47. The van der Waals surface area contributed by atoms with Gasteiger partial charge >= 0.3 is 5.69 Å². The maximum absolute atomic E-state index is 14.6. The molecule has 11 nitrogen and oxygen atoms in total.